The van der Waals surface area contributed by atoms with Crippen molar-refractivity contribution in [3.63, 3.8) is 0 Å². The fraction of sp³-hybridized carbons (Fsp3) is 0.462. The van der Waals surface area contributed by atoms with E-state index >= 15 is 0 Å². The average molecular weight is 337 g/mol. The first-order valence-corrected chi connectivity index (χ1v) is 9.12. The summed E-state index contributed by atoms with van der Waals surface area (Å²) in [6, 6.07) is 0. The molecule has 1 N–H and O–H groups in total. The monoisotopic (exact) mass is 337 g/mol. The van der Waals surface area contributed by atoms with Crippen LogP contribution in [0.15, 0.2) is 5.16 Å². The van der Waals surface area contributed by atoms with E-state index in [1.54, 1.807) is 23.1 Å². The maximum Gasteiger partial charge on any atom is 0.201 e. The first kappa shape index (κ1) is 13.7. The van der Waals surface area contributed by atoms with E-state index in [4.69, 9.17) is 17.2 Å². The van der Waals surface area contributed by atoms with Gasteiger partial charge in [0.05, 0.1) is 5.39 Å². The molecule has 0 aliphatic carbocycles. The molecule has 4 rings (SSSR count). The van der Waals surface area contributed by atoms with Gasteiger partial charge in [0.15, 0.2) is 10.8 Å². The Morgan fingerprint density at radius 1 is 1.48 bits per heavy atom. The van der Waals surface area contributed by atoms with Gasteiger partial charge in [0.1, 0.15) is 4.83 Å². The van der Waals surface area contributed by atoms with Crippen LogP contribution in [0.4, 0.5) is 0 Å². The number of fused-ring (bicyclic) bond motifs is 5. The Hall–Kier alpha value is -0.960. The summed E-state index contributed by atoms with van der Waals surface area (Å²) in [4.78, 5) is 9.72. The van der Waals surface area contributed by atoms with Crippen molar-refractivity contribution in [2.75, 3.05) is 19.3 Å². The molecule has 1 aliphatic rings. The number of thiophene rings is 1. The number of thioether (sulfide) groups is 1. The Morgan fingerprint density at radius 3 is 3.14 bits per heavy atom. The van der Waals surface area contributed by atoms with Gasteiger partial charge < -0.3 is 4.90 Å². The lowest BCUT2D eigenvalue weighted by molar-refractivity contribution is 0.318. The zero-order valence-corrected chi connectivity index (χ0v) is 14.3. The van der Waals surface area contributed by atoms with Crippen molar-refractivity contribution in [1.82, 2.24) is 24.5 Å². The molecule has 0 saturated heterocycles. The molecule has 1 aliphatic heterocycles. The minimum absolute atomic E-state index is 0.628. The fourth-order valence-electron chi connectivity index (χ4n) is 2.83. The van der Waals surface area contributed by atoms with Gasteiger partial charge in [0.2, 0.25) is 4.77 Å². The SMILES string of the molecule is CCSc1nc2sc3c(c2c2n[nH]c(=S)n12)CCN(C)C3. The molecule has 0 saturated carbocycles. The number of aromatic amines is 1. The molecule has 0 bridgehead atoms. The molecular formula is C13H15N5S3. The Morgan fingerprint density at radius 2 is 2.33 bits per heavy atom. The topological polar surface area (TPSA) is 49.2 Å². The largest absolute Gasteiger partial charge is 0.301 e. The lowest BCUT2D eigenvalue weighted by Gasteiger charge is -2.21. The van der Waals surface area contributed by atoms with Crippen molar-refractivity contribution in [2.45, 2.75) is 25.0 Å². The number of nitrogens with zero attached hydrogens (tertiary/aromatic N) is 4. The highest BCUT2D eigenvalue weighted by Crippen LogP contribution is 2.37. The lowest BCUT2D eigenvalue weighted by Crippen LogP contribution is -2.25. The number of likely N-dealkylation sites (N-methyl/N-ethyl adjacent to an activating group) is 1. The van der Waals surface area contributed by atoms with Crippen molar-refractivity contribution in [2.24, 2.45) is 0 Å². The van der Waals surface area contributed by atoms with E-state index in [0.717, 1.165) is 40.9 Å². The third kappa shape index (κ3) is 2.04. The molecule has 4 heterocycles. The summed E-state index contributed by atoms with van der Waals surface area (Å²) in [6.45, 7) is 4.21. The van der Waals surface area contributed by atoms with E-state index in [2.05, 4.69) is 29.1 Å². The van der Waals surface area contributed by atoms with Crippen molar-refractivity contribution in [3.05, 3.63) is 15.2 Å². The summed E-state index contributed by atoms with van der Waals surface area (Å²) >= 11 is 8.89. The van der Waals surface area contributed by atoms with Crippen LogP contribution < -0.4 is 0 Å². The number of H-pyrrole nitrogens is 1. The third-order valence-electron chi connectivity index (χ3n) is 3.79. The Kier molecular flexibility index (Phi) is 3.29. The van der Waals surface area contributed by atoms with Crippen LogP contribution in [-0.2, 0) is 13.0 Å². The van der Waals surface area contributed by atoms with E-state index in [0.29, 0.717) is 4.77 Å². The van der Waals surface area contributed by atoms with Gasteiger partial charge in [0, 0.05) is 18.0 Å². The van der Waals surface area contributed by atoms with Gasteiger partial charge >= 0.3 is 0 Å². The number of rotatable bonds is 2. The Bertz CT molecular complexity index is 891. The van der Waals surface area contributed by atoms with Crippen LogP contribution in [0.1, 0.15) is 17.4 Å². The van der Waals surface area contributed by atoms with Gasteiger partial charge in [-0.15, -0.1) is 11.3 Å². The van der Waals surface area contributed by atoms with Crippen molar-refractivity contribution < 1.29 is 0 Å². The van der Waals surface area contributed by atoms with E-state index in [-0.39, 0.29) is 0 Å². The minimum atomic E-state index is 0.628. The normalized spacial score (nSPS) is 15.9. The predicted molar refractivity (Wildman–Crippen MR) is 90.0 cm³/mol. The van der Waals surface area contributed by atoms with Crippen LogP contribution in [0.2, 0.25) is 0 Å². The van der Waals surface area contributed by atoms with Gasteiger partial charge in [-0.3, -0.25) is 5.10 Å². The minimum Gasteiger partial charge on any atom is -0.301 e. The van der Waals surface area contributed by atoms with Gasteiger partial charge in [-0.05, 0) is 37.0 Å². The summed E-state index contributed by atoms with van der Waals surface area (Å²) in [7, 11) is 2.17. The number of nitrogens with one attached hydrogen (secondary N) is 1. The van der Waals surface area contributed by atoms with Crippen LogP contribution in [0.25, 0.3) is 15.9 Å². The molecule has 0 radical (unpaired) electrons. The van der Waals surface area contributed by atoms with E-state index in [1.165, 1.54) is 15.8 Å². The summed E-state index contributed by atoms with van der Waals surface area (Å²) in [5.74, 6) is 0.967. The zero-order valence-electron chi connectivity index (χ0n) is 11.8. The first-order valence-electron chi connectivity index (χ1n) is 6.91. The van der Waals surface area contributed by atoms with E-state index in [9.17, 15) is 0 Å². The number of hydrogen-bond acceptors (Lipinski definition) is 6. The molecule has 0 unspecified atom stereocenters. The first-order chi connectivity index (χ1) is 10.2. The summed E-state index contributed by atoms with van der Waals surface area (Å²) in [5.41, 5.74) is 2.34. The zero-order chi connectivity index (χ0) is 14.6. The van der Waals surface area contributed by atoms with Gasteiger partial charge in [-0.1, -0.05) is 18.7 Å². The van der Waals surface area contributed by atoms with Crippen LogP contribution in [0, 0.1) is 4.77 Å². The molecule has 5 nitrogen and oxygen atoms in total. The molecule has 0 fully saturated rings. The second kappa shape index (κ2) is 5.05. The van der Waals surface area contributed by atoms with E-state index < -0.39 is 0 Å². The fourth-order valence-corrected chi connectivity index (χ4v) is 5.18. The van der Waals surface area contributed by atoms with Crippen LogP contribution in [0.5, 0.6) is 0 Å². The Labute approximate surface area is 135 Å². The number of aromatic nitrogens is 4. The second-order valence-electron chi connectivity index (χ2n) is 5.19. The highest BCUT2D eigenvalue weighted by atomic mass is 32.2. The molecule has 8 heteroatoms. The maximum absolute atomic E-state index is 5.39. The lowest BCUT2D eigenvalue weighted by atomic mass is 10.1. The highest BCUT2D eigenvalue weighted by Gasteiger charge is 2.23. The molecule has 110 valence electrons. The second-order valence-corrected chi connectivity index (χ2v) is 7.89. The van der Waals surface area contributed by atoms with Gasteiger partial charge in [-0.2, -0.15) is 5.10 Å². The maximum atomic E-state index is 5.39. The smallest absolute Gasteiger partial charge is 0.201 e. The molecule has 0 amide bonds. The molecule has 3 aromatic heterocycles. The summed E-state index contributed by atoms with van der Waals surface area (Å²) in [5, 5.41) is 9.53. The van der Waals surface area contributed by atoms with Gasteiger partial charge in [-0.25, -0.2) is 9.38 Å². The quantitative estimate of drug-likeness (QED) is 0.442. The predicted octanol–water partition coefficient (Wildman–Crippen LogP) is 3.10. The Balaban J connectivity index is 2.10. The van der Waals surface area contributed by atoms with Crippen LogP contribution in [-0.4, -0.2) is 43.8 Å². The van der Waals surface area contributed by atoms with Crippen LogP contribution >= 0.6 is 35.3 Å². The molecule has 3 aromatic rings. The van der Waals surface area contributed by atoms with Crippen molar-refractivity contribution >= 4 is 51.2 Å². The molecule has 0 aromatic carbocycles. The average Bonchev–Trinajstić information content (AvgIpc) is 2.99. The third-order valence-corrected chi connectivity index (χ3v) is 5.99. The van der Waals surface area contributed by atoms with Crippen molar-refractivity contribution in [1.29, 1.82) is 0 Å². The summed E-state index contributed by atoms with van der Waals surface area (Å²) < 4.78 is 2.61. The van der Waals surface area contributed by atoms with E-state index in [1.807, 2.05) is 4.40 Å². The molecule has 0 atom stereocenters. The standard InChI is InChI=1S/C13H15N5S3/c1-3-20-13-14-11-9(10-15-16-12(19)18(10)13)7-4-5-17(2)6-8(7)21-11/h3-6H2,1-2H3,(H,16,19). The van der Waals surface area contributed by atoms with Gasteiger partial charge in [0.25, 0.3) is 0 Å². The molecular weight excluding hydrogens is 322 g/mol. The van der Waals surface area contributed by atoms with Crippen LogP contribution in [0.3, 0.4) is 0 Å². The molecule has 21 heavy (non-hydrogen) atoms. The number of hydrogen-bond donors (Lipinski definition) is 1. The highest BCUT2D eigenvalue weighted by molar-refractivity contribution is 7.99. The van der Waals surface area contributed by atoms with Crippen molar-refractivity contribution in [3.8, 4) is 0 Å². The molecule has 0 spiro atoms. The summed E-state index contributed by atoms with van der Waals surface area (Å²) in [6.07, 6.45) is 1.06.